The molecule has 1 rings (SSSR count). The van der Waals surface area contributed by atoms with Crippen LogP contribution < -0.4 is 5.32 Å². The van der Waals surface area contributed by atoms with Crippen LogP contribution in [-0.2, 0) is 6.42 Å². The molecule has 1 N–H and O–H groups in total. The molecular formula is C16H25BrFNS. The Hall–Kier alpha value is -0.0600. The van der Waals surface area contributed by atoms with Gasteiger partial charge in [0.05, 0.1) is 4.47 Å². The Labute approximate surface area is 135 Å². The lowest BCUT2D eigenvalue weighted by Gasteiger charge is -2.19. The fourth-order valence-corrected chi connectivity index (χ4v) is 3.51. The smallest absolute Gasteiger partial charge is 0.137 e. The van der Waals surface area contributed by atoms with Crippen LogP contribution in [0.1, 0.15) is 32.8 Å². The molecule has 0 amide bonds. The predicted octanol–water partition coefficient (Wildman–Crippen LogP) is 4.89. The van der Waals surface area contributed by atoms with E-state index in [-0.39, 0.29) is 5.82 Å². The van der Waals surface area contributed by atoms with Crippen LogP contribution in [0.5, 0.6) is 0 Å². The molecule has 0 saturated carbocycles. The zero-order valence-electron chi connectivity index (χ0n) is 12.6. The van der Waals surface area contributed by atoms with Crippen molar-refractivity contribution in [3.05, 3.63) is 34.1 Å². The zero-order valence-corrected chi connectivity index (χ0v) is 15.0. The van der Waals surface area contributed by atoms with Gasteiger partial charge in [0.1, 0.15) is 5.82 Å². The number of rotatable bonds is 9. The Morgan fingerprint density at radius 3 is 2.70 bits per heavy atom. The number of halogens is 2. The minimum Gasteiger partial charge on any atom is -0.313 e. The van der Waals surface area contributed by atoms with Crippen LogP contribution >= 0.6 is 27.7 Å². The zero-order chi connectivity index (χ0) is 15.0. The summed E-state index contributed by atoms with van der Waals surface area (Å²) in [6.07, 6.45) is 1.99. The molecule has 1 atom stereocenters. The van der Waals surface area contributed by atoms with Gasteiger partial charge in [-0.1, -0.05) is 32.9 Å². The van der Waals surface area contributed by atoms with E-state index < -0.39 is 0 Å². The van der Waals surface area contributed by atoms with Crippen LogP contribution in [-0.4, -0.2) is 24.1 Å². The monoisotopic (exact) mass is 361 g/mol. The van der Waals surface area contributed by atoms with Crippen molar-refractivity contribution in [2.24, 2.45) is 5.92 Å². The molecule has 0 fully saturated rings. The summed E-state index contributed by atoms with van der Waals surface area (Å²) in [5, 5.41) is 3.57. The van der Waals surface area contributed by atoms with Crippen LogP contribution in [0.3, 0.4) is 0 Å². The molecular weight excluding hydrogens is 337 g/mol. The standard InChI is InChI=1S/C16H25BrFNS/c1-4-8-19-14(11-20-10-12(2)3)9-13-6-5-7-15(18)16(13)17/h5-7,12,14,19H,4,8-11H2,1-3H3. The summed E-state index contributed by atoms with van der Waals surface area (Å²) in [7, 11) is 0. The van der Waals surface area contributed by atoms with E-state index in [1.54, 1.807) is 6.07 Å². The van der Waals surface area contributed by atoms with Crippen LogP contribution in [0.2, 0.25) is 0 Å². The summed E-state index contributed by atoms with van der Waals surface area (Å²) < 4.78 is 14.2. The number of hydrogen-bond acceptors (Lipinski definition) is 2. The Morgan fingerprint density at radius 1 is 1.30 bits per heavy atom. The second-order valence-electron chi connectivity index (χ2n) is 5.50. The lowest BCUT2D eigenvalue weighted by molar-refractivity contribution is 0.545. The SMILES string of the molecule is CCCNC(CSCC(C)C)Cc1cccc(F)c1Br. The fraction of sp³-hybridized carbons (Fsp3) is 0.625. The lowest BCUT2D eigenvalue weighted by atomic mass is 10.1. The van der Waals surface area contributed by atoms with Crippen molar-refractivity contribution < 1.29 is 4.39 Å². The molecule has 0 spiro atoms. The van der Waals surface area contributed by atoms with Crippen molar-refractivity contribution in [1.82, 2.24) is 5.32 Å². The molecule has 114 valence electrons. The minimum atomic E-state index is -0.174. The van der Waals surface area contributed by atoms with Crippen LogP contribution in [0.15, 0.2) is 22.7 Å². The van der Waals surface area contributed by atoms with Gasteiger partial charge < -0.3 is 5.32 Å². The van der Waals surface area contributed by atoms with Gasteiger partial charge in [-0.3, -0.25) is 0 Å². The minimum absolute atomic E-state index is 0.174. The third kappa shape index (κ3) is 6.59. The van der Waals surface area contributed by atoms with E-state index in [1.165, 1.54) is 11.8 Å². The molecule has 4 heteroatoms. The molecule has 0 saturated heterocycles. The number of nitrogens with one attached hydrogen (secondary N) is 1. The molecule has 0 bridgehead atoms. The maximum absolute atomic E-state index is 13.6. The highest BCUT2D eigenvalue weighted by Crippen LogP contribution is 2.22. The molecule has 0 aliphatic rings. The van der Waals surface area contributed by atoms with Gasteiger partial charge in [0, 0.05) is 11.8 Å². The average Bonchev–Trinajstić information content (AvgIpc) is 2.40. The van der Waals surface area contributed by atoms with E-state index in [0.717, 1.165) is 30.7 Å². The first-order valence-electron chi connectivity index (χ1n) is 7.28. The average molecular weight is 362 g/mol. The van der Waals surface area contributed by atoms with E-state index in [9.17, 15) is 4.39 Å². The van der Waals surface area contributed by atoms with Gasteiger partial charge in [0.15, 0.2) is 0 Å². The molecule has 1 aromatic rings. The highest BCUT2D eigenvalue weighted by Gasteiger charge is 2.13. The summed E-state index contributed by atoms with van der Waals surface area (Å²) >= 11 is 5.34. The van der Waals surface area contributed by atoms with E-state index in [0.29, 0.717) is 16.4 Å². The van der Waals surface area contributed by atoms with Crippen LogP contribution in [0.4, 0.5) is 4.39 Å². The van der Waals surface area contributed by atoms with E-state index in [4.69, 9.17) is 0 Å². The van der Waals surface area contributed by atoms with Crippen molar-refractivity contribution >= 4 is 27.7 Å². The van der Waals surface area contributed by atoms with Crippen LogP contribution in [0, 0.1) is 11.7 Å². The molecule has 0 radical (unpaired) electrons. The van der Waals surface area contributed by atoms with Gasteiger partial charge >= 0.3 is 0 Å². The summed E-state index contributed by atoms with van der Waals surface area (Å²) in [5.41, 5.74) is 1.05. The number of thioether (sulfide) groups is 1. The predicted molar refractivity (Wildman–Crippen MR) is 92.0 cm³/mol. The normalized spacial score (nSPS) is 12.9. The van der Waals surface area contributed by atoms with Gasteiger partial charge in [-0.2, -0.15) is 11.8 Å². The Balaban J connectivity index is 2.60. The summed E-state index contributed by atoms with van der Waals surface area (Å²) in [5.74, 6) is 2.79. The van der Waals surface area contributed by atoms with Crippen molar-refractivity contribution in [2.45, 2.75) is 39.7 Å². The molecule has 0 heterocycles. The molecule has 0 aliphatic carbocycles. The second-order valence-corrected chi connectivity index (χ2v) is 7.37. The van der Waals surface area contributed by atoms with Gasteiger partial charge in [-0.15, -0.1) is 0 Å². The number of hydrogen-bond donors (Lipinski definition) is 1. The van der Waals surface area contributed by atoms with Crippen molar-refractivity contribution in [1.29, 1.82) is 0 Å². The van der Waals surface area contributed by atoms with E-state index in [2.05, 4.69) is 42.0 Å². The molecule has 1 unspecified atom stereocenters. The van der Waals surface area contributed by atoms with Gasteiger partial charge in [0.2, 0.25) is 0 Å². The Bertz CT molecular complexity index is 398. The lowest BCUT2D eigenvalue weighted by Crippen LogP contribution is -2.34. The second kappa shape index (κ2) is 9.80. The summed E-state index contributed by atoms with van der Waals surface area (Å²) in [6, 6.07) is 5.68. The quantitative estimate of drug-likeness (QED) is 0.671. The highest BCUT2D eigenvalue weighted by atomic mass is 79.9. The fourth-order valence-electron chi connectivity index (χ4n) is 1.96. The topological polar surface area (TPSA) is 12.0 Å². The van der Waals surface area contributed by atoms with Crippen molar-refractivity contribution in [2.75, 3.05) is 18.1 Å². The summed E-state index contributed by atoms with van der Waals surface area (Å²) in [6.45, 7) is 7.67. The third-order valence-corrected chi connectivity index (χ3v) is 5.38. The molecule has 0 aromatic heterocycles. The van der Waals surface area contributed by atoms with Crippen molar-refractivity contribution in [3.8, 4) is 0 Å². The molecule has 0 aliphatic heterocycles. The first kappa shape index (κ1) is 18.0. The summed E-state index contributed by atoms with van der Waals surface area (Å²) in [4.78, 5) is 0. The first-order valence-corrected chi connectivity index (χ1v) is 9.23. The maximum atomic E-state index is 13.6. The maximum Gasteiger partial charge on any atom is 0.137 e. The Kier molecular flexibility index (Phi) is 8.82. The van der Waals surface area contributed by atoms with Gasteiger partial charge in [0.25, 0.3) is 0 Å². The van der Waals surface area contributed by atoms with Gasteiger partial charge in [-0.25, -0.2) is 4.39 Å². The van der Waals surface area contributed by atoms with Gasteiger partial charge in [-0.05, 0) is 58.6 Å². The largest absolute Gasteiger partial charge is 0.313 e. The van der Waals surface area contributed by atoms with E-state index >= 15 is 0 Å². The molecule has 1 nitrogen and oxygen atoms in total. The first-order chi connectivity index (χ1) is 9.54. The van der Waals surface area contributed by atoms with Crippen LogP contribution in [0.25, 0.3) is 0 Å². The van der Waals surface area contributed by atoms with Crippen molar-refractivity contribution in [3.63, 3.8) is 0 Å². The van der Waals surface area contributed by atoms with E-state index in [1.807, 2.05) is 17.8 Å². The number of benzene rings is 1. The third-order valence-electron chi connectivity index (χ3n) is 2.95. The highest BCUT2D eigenvalue weighted by molar-refractivity contribution is 9.10. The Morgan fingerprint density at radius 2 is 2.05 bits per heavy atom. The molecule has 1 aromatic carbocycles. The molecule has 20 heavy (non-hydrogen) atoms.